The third-order valence-corrected chi connectivity index (χ3v) is 3.21. The average molecular weight is 274 g/mol. The Morgan fingerprint density at radius 3 is 2.05 bits per heavy atom. The summed E-state index contributed by atoms with van der Waals surface area (Å²) in [5.41, 5.74) is 3.75. The molecule has 0 bridgehead atoms. The maximum Gasteiger partial charge on any atom is 0.0872 e. The van der Waals surface area contributed by atoms with Crippen molar-refractivity contribution in [3.05, 3.63) is 53.1 Å². The molecule has 0 saturated heterocycles. The molecule has 0 aliphatic carbocycles. The average Bonchev–Trinajstić information content (AvgIpc) is 2.40. The van der Waals surface area contributed by atoms with Crippen molar-refractivity contribution in [2.75, 3.05) is 19.0 Å². The lowest BCUT2D eigenvalue weighted by Gasteiger charge is -2.11. The maximum atomic E-state index is 6.04. The van der Waals surface area contributed by atoms with Crippen LogP contribution in [0.1, 0.15) is 5.56 Å². The van der Waals surface area contributed by atoms with Crippen molar-refractivity contribution in [2.45, 2.75) is 6.92 Å². The van der Waals surface area contributed by atoms with Gasteiger partial charge >= 0.3 is 0 Å². The Morgan fingerprint density at radius 1 is 0.895 bits per heavy atom. The van der Waals surface area contributed by atoms with Crippen molar-refractivity contribution >= 4 is 28.7 Å². The molecule has 2 aromatic carbocycles. The van der Waals surface area contributed by atoms with E-state index < -0.39 is 0 Å². The molecule has 0 unspecified atom stereocenters. The predicted molar refractivity (Wildman–Crippen MR) is 81.1 cm³/mol. The van der Waals surface area contributed by atoms with Crippen molar-refractivity contribution in [2.24, 2.45) is 10.2 Å². The molecule has 0 heterocycles. The third-order valence-electron chi connectivity index (χ3n) is 2.80. The third kappa shape index (κ3) is 3.55. The molecule has 0 saturated carbocycles. The molecule has 0 aliphatic heterocycles. The van der Waals surface area contributed by atoms with Crippen molar-refractivity contribution in [1.29, 1.82) is 0 Å². The molecule has 0 spiro atoms. The highest BCUT2D eigenvalue weighted by Crippen LogP contribution is 2.25. The Hall–Kier alpha value is -1.87. The van der Waals surface area contributed by atoms with Crippen molar-refractivity contribution in [3.63, 3.8) is 0 Å². The molecule has 2 aromatic rings. The van der Waals surface area contributed by atoms with Crippen LogP contribution < -0.4 is 4.90 Å². The van der Waals surface area contributed by atoms with E-state index >= 15 is 0 Å². The lowest BCUT2D eigenvalue weighted by molar-refractivity contribution is 1.13. The Labute approximate surface area is 118 Å². The number of nitrogens with zero attached hydrogens (tertiary/aromatic N) is 3. The minimum atomic E-state index is 0.708. The van der Waals surface area contributed by atoms with Gasteiger partial charge in [0.15, 0.2) is 0 Å². The molecule has 0 amide bonds. The Bertz CT molecular complexity index is 589. The molecule has 98 valence electrons. The number of benzene rings is 2. The maximum absolute atomic E-state index is 6.04. The number of hydrogen-bond acceptors (Lipinski definition) is 3. The number of aryl methyl sites for hydroxylation is 1. The van der Waals surface area contributed by atoms with E-state index in [-0.39, 0.29) is 0 Å². The monoisotopic (exact) mass is 273 g/mol. The first-order valence-corrected chi connectivity index (χ1v) is 6.39. The number of rotatable bonds is 3. The van der Waals surface area contributed by atoms with Crippen molar-refractivity contribution in [3.8, 4) is 0 Å². The topological polar surface area (TPSA) is 28.0 Å². The fraction of sp³-hybridized carbons (Fsp3) is 0.200. The second-order valence-corrected chi connectivity index (χ2v) is 4.95. The molecule has 19 heavy (non-hydrogen) atoms. The number of hydrogen-bond donors (Lipinski definition) is 0. The van der Waals surface area contributed by atoms with E-state index in [4.69, 9.17) is 11.6 Å². The second kappa shape index (κ2) is 5.85. The summed E-state index contributed by atoms with van der Waals surface area (Å²) in [5, 5.41) is 9.08. The quantitative estimate of drug-likeness (QED) is 0.713. The molecule has 0 atom stereocenters. The number of anilines is 1. The highest BCUT2D eigenvalue weighted by atomic mass is 35.5. The van der Waals surface area contributed by atoms with E-state index in [2.05, 4.69) is 10.2 Å². The van der Waals surface area contributed by atoms with E-state index in [1.807, 2.05) is 68.4 Å². The first kappa shape index (κ1) is 13.6. The van der Waals surface area contributed by atoms with Gasteiger partial charge in [-0.25, -0.2) is 0 Å². The van der Waals surface area contributed by atoms with Gasteiger partial charge in [-0.2, -0.15) is 10.2 Å². The number of halogens is 1. The highest BCUT2D eigenvalue weighted by molar-refractivity contribution is 6.31. The van der Waals surface area contributed by atoms with Gasteiger partial charge in [-0.1, -0.05) is 17.7 Å². The SMILES string of the molecule is Cc1ccc(N=Nc2ccc(N(C)C)cc2)cc1Cl. The number of azo groups is 1. The summed E-state index contributed by atoms with van der Waals surface area (Å²) in [5.74, 6) is 0. The summed E-state index contributed by atoms with van der Waals surface area (Å²) in [6, 6.07) is 13.6. The zero-order valence-electron chi connectivity index (χ0n) is 11.3. The fourth-order valence-corrected chi connectivity index (χ4v) is 1.75. The summed E-state index contributed by atoms with van der Waals surface area (Å²) in [6.07, 6.45) is 0. The van der Waals surface area contributed by atoms with Crippen molar-refractivity contribution in [1.82, 2.24) is 0 Å². The molecule has 2 rings (SSSR count). The van der Waals surface area contributed by atoms with Crippen LogP contribution in [0.15, 0.2) is 52.7 Å². The van der Waals surface area contributed by atoms with Crippen LogP contribution in [-0.4, -0.2) is 14.1 Å². The lowest BCUT2D eigenvalue weighted by Crippen LogP contribution is -2.07. The largest absolute Gasteiger partial charge is 0.378 e. The van der Waals surface area contributed by atoms with Gasteiger partial charge in [0.05, 0.1) is 11.4 Å². The second-order valence-electron chi connectivity index (χ2n) is 4.54. The molecular weight excluding hydrogens is 258 g/mol. The van der Waals surface area contributed by atoms with E-state index in [0.29, 0.717) is 5.02 Å². The fourth-order valence-electron chi connectivity index (χ4n) is 1.58. The minimum Gasteiger partial charge on any atom is -0.378 e. The molecule has 0 N–H and O–H groups in total. The van der Waals surface area contributed by atoms with Crippen LogP contribution in [-0.2, 0) is 0 Å². The summed E-state index contributed by atoms with van der Waals surface area (Å²) in [4.78, 5) is 2.04. The Balaban J connectivity index is 2.15. The minimum absolute atomic E-state index is 0.708. The predicted octanol–water partition coefficient (Wildman–Crippen LogP) is 5.13. The van der Waals surface area contributed by atoms with Crippen LogP contribution in [0.3, 0.4) is 0 Å². The highest BCUT2D eigenvalue weighted by Gasteiger charge is 1.97. The van der Waals surface area contributed by atoms with Gasteiger partial charge in [0.25, 0.3) is 0 Å². The van der Waals surface area contributed by atoms with Gasteiger partial charge in [0, 0.05) is 24.8 Å². The van der Waals surface area contributed by atoms with Crippen LogP contribution in [0.2, 0.25) is 5.02 Å². The Morgan fingerprint density at radius 2 is 1.47 bits per heavy atom. The first-order valence-electron chi connectivity index (χ1n) is 6.01. The first-order chi connectivity index (χ1) is 9.06. The van der Waals surface area contributed by atoms with Crippen LogP contribution in [0.25, 0.3) is 0 Å². The van der Waals surface area contributed by atoms with E-state index in [1.165, 1.54) is 0 Å². The standard InChI is InChI=1S/C15H16ClN3/c1-11-4-5-13(10-15(11)16)18-17-12-6-8-14(9-7-12)19(2)3/h4-10H,1-3H3. The molecule has 3 nitrogen and oxygen atoms in total. The molecule has 0 fully saturated rings. The van der Waals surface area contributed by atoms with Gasteiger partial charge in [-0.15, -0.1) is 0 Å². The summed E-state index contributed by atoms with van der Waals surface area (Å²) < 4.78 is 0. The van der Waals surface area contributed by atoms with E-state index in [9.17, 15) is 0 Å². The van der Waals surface area contributed by atoms with Gasteiger partial charge in [-0.05, 0) is 48.9 Å². The van der Waals surface area contributed by atoms with E-state index in [0.717, 1.165) is 22.6 Å². The van der Waals surface area contributed by atoms with Crippen LogP contribution in [0.4, 0.5) is 17.1 Å². The molecule has 4 heteroatoms. The summed E-state index contributed by atoms with van der Waals surface area (Å²) in [7, 11) is 4.01. The molecule has 0 aromatic heterocycles. The van der Waals surface area contributed by atoms with Crippen LogP contribution >= 0.6 is 11.6 Å². The zero-order chi connectivity index (χ0) is 13.8. The molecule has 0 aliphatic rings. The Kier molecular flexibility index (Phi) is 4.17. The summed E-state index contributed by atoms with van der Waals surface area (Å²) in [6.45, 7) is 1.96. The zero-order valence-corrected chi connectivity index (χ0v) is 12.0. The lowest BCUT2D eigenvalue weighted by atomic mass is 10.2. The van der Waals surface area contributed by atoms with Gasteiger partial charge in [0.1, 0.15) is 0 Å². The molecule has 0 radical (unpaired) electrons. The smallest absolute Gasteiger partial charge is 0.0872 e. The van der Waals surface area contributed by atoms with Gasteiger partial charge < -0.3 is 4.90 Å². The van der Waals surface area contributed by atoms with Crippen LogP contribution in [0.5, 0.6) is 0 Å². The molecular formula is C15H16ClN3. The van der Waals surface area contributed by atoms with E-state index in [1.54, 1.807) is 0 Å². The van der Waals surface area contributed by atoms with Crippen LogP contribution in [0, 0.1) is 6.92 Å². The summed E-state index contributed by atoms with van der Waals surface area (Å²) >= 11 is 6.04. The van der Waals surface area contributed by atoms with Gasteiger partial charge in [0.2, 0.25) is 0 Å². The normalized spacial score (nSPS) is 10.9. The van der Waals surface area contributed by atoms with Gasteiger partial charge in [-0.3, -0.25) is 0 Å². The van der Waals surface area contributed by atoms with Crippen molar-refractivity contribution < 1.29 is 0 Å².